The van der Waals surface area contributed by atoms with Gasteiger partial charge in [0.25, 0.3) is 0 Å². The van der Waals surface area contributed by atoms with Gasteiger partial charge >= 0.3 is 0 Å². The zero-order chi connectivity index (χ0) is 23.2. The highest BCUT2D eigenvalue weighted by atomic mass is 35.5. The fourth-order valence-electron chi connectivity index (χ4n) is 5.78. The van der Waals surface area contributed by atoms with Gasteiger partial charge in [-0.1, -0.05) is 71.2 Å². The maximum atomic E-state index is 12.9. The van der Waals surface area contributed by atoms with Gasteiger partial charge in [0.05, 0.1) is 22.2 Å². The van der Waals surface area contributed by atoms with Crippen LogP contribution in [0.2, 0.25) is 15.1 Å². The average molecular weight is 501 g/mol. The van der Waals surface area contributed by atoms with Crippen molar-refractivity contribution < 1.29 is 4.79 Å². The molecule has 4 nitrogen and oxygen atoms in total. The second kappa shape index (κ2) is 8.92. The number of pyridine rings is 1. The second-order valence-corrected chi connectivity index (χ2v) is 10.2. The largest absolute Gasteiger partial charge is 0.369 e. The monoisotopic (exact) mass is 499 g/mol. The Bertz CT molecular complexity index is 1120. The molecule has 2 aliphatic heterocycles. The van der Waals surface area contributed by atoms with E-state index in [4.69, 9.17) is 40.5 Å². The molecule has 2 aliphatic rings. The lowest BCUT2D eigenvalue weighted by molar-refractivity contribution is -0.127. The van der Waals surface area contributed by atoms with Crippen LogP contribution in [-0.4, -0.2) is 27.9 Å². The number of carbonyl (C=O) groups excluding carboxylic acids is 1. The molecule has 170 valence electrons. The molecular weight excluding hydrogens is 477 g/mol. The molecule has 2 bridgehead atoms. The average Bonchev–Trinajstić information content (AvgIpc) is 3.06. The summed E-state index contributed by atoms with van der Waals surface area (Å²) in [5, 5.41) is 1.94. The summed E-state index contributed by atoms with van der Waals surface area (Å²) in [5.74, 6) is -0.332. The maximum absolute atomic E-state index is 12.9. The van der Waals surface area contributed by atoms with Crippen molar-refractivity contribution in [2.24, 2.45) is 5.73 Å². The van der Waals surface area contributed by atoms with Crippen LogP contribution >= 0.6 is 34.8 Å². The lowest BCUT2D eigenvalue weighted by atomic mass is 9.70. The molecule has 5 rings (SSSR count). The number of primary amides is 1. The van der Waals surface area contributed by atoms with Crippen LogP contribution in [0.25, 0.3) is 0 Å². The number of hydrogen-bond acceptors (Lipinski definition) is 3. The van der Waals surface area contributed by atoms with Gasteiger partial charge in [-0.05, 0) is 61.1 Å². The number of halogens is 3. The van der Waals surface area contributed by atoms with Crippen LogP contribution in [0.4, 0.5) is 0 Å². The minimum Gasteiger partial charge on any atom is -0.369 e. The first-order valence-electron chi connectivity index (χ1n) is 11.1. The summed E-state index contributed by atoms with van der Waals surface area (Å²) in [6.45, 7) is 0. The molecule has 0 radical (unpaired) electrons. The predicted octanol–water partition coefficient (Wildman–Crippen LogP) is 6.18. The third kappa shape index (κ3) is 3.93. The van der Waals surface area contributed by atoms with E-state index in [0.717, 1.165) is 24.0 Å². The Kier molecular flexibility index (Phi) is 6.13. The minimum absolute atomic E-state index is 0.117. The molecule has 2 N–H and O–H groups in total. The Morgan fingerprint density at radius 2 is 1.45 bits per heavy atom. The molecule has 1 aromatic heterocycles. The molecule has 2 fully saturated rings. The fourth-order valence-corrected chi connectivity index (χ4v) is 6.37. The zero-order valence-corrected chi connectivity index (χ0v) is 20.2. The topological polar surface area (TPSA) is 59.2 Å². The van der Waals surface area contributed by atoms with Crippen LogP contribution in [0.3, 0.4) is 0 Å². The highest BCUT2D eigenvalue weighted by Crippen LogP contribution is 2.52. The Morgan fingerprint density at radius 3 is 1.91 bits per heavy atom. The van der Waals surface area contributed by atoms with Gasteiger partial charge < -0.3 is 5.73 Å². The number of nitrogens with two attached hydrogens (primary N) is 1. The van der Waals surface area contributed by atoms with Gasteiger partial charge in [-0.25, -0.2) is 0 Å². The fraction of sp³-hybridized carbons (Fsp3) is 0.308. The number of amides is 1. The summed E-state index contributed by atoms with van der Waals surface area (Å²) in [7, 11) is 0. The van der Waals surface area contributed by atoms with E-state index in [9.17, 15) is 4.79 Å². The van der Waals surface area contributed by atoms with Gasteiger partial charge in [0, 0.05) is 28.3 Å². The van der Waals surface area contributed by atoms with E-state index in [1.54, 1.807) is 12.3 Å². The third-order valence-corrected chi connectivity index (χ3v) is 8.14. The van der Waals surface area contributed by atoms with Crippen molar-refractivity contribution in [3.8, 4) is 0 Å². The first-order chi connectivity index (χ1) is 15.9. The van der Waals surface area contributed by atoms with Crippen molar-refractivity contribution in [2.45, 2.75) is 49.2 Å². The number of nitrogens with zero attached hydrogens (tertiary/aromatic N) is 2. The third-order valence-electron chi connectivity index (χ3n) is 7.23. The lowest BCUT2D eigenvalue weighted by Gasteiger charge is -2.48. The summed E-state index contributed by atoms with van der Waals surface area (Å²) in [6, 6.07) is 19.6. The van der Waals surface area contributed by atoms with Crippen LogP contribution < -0.4 is 5.73 Å². The first kappa shape index (κ1) is 22.7. The Morgan fingerprint density at radius 1 is 0.909 bits per heavy atom. The van der Waals surface area contributed by atoms with Gasteiger partial charge in [-0.3, -0.25) is 14.7 Å². The second-order valence-electron chi connectivity index (χ2n) is 8.99. The van der Waals surface area contributed by atoms with Crippen molar-refractivity contribution in [2.75, 3.05) is 0 Å². The molecule has 0 aliphatic carbocycles. The zero-order valence-electron chi connectivity index (χ0n) is 17.9. The molecule has 3 aromatic rings. The summed E-state index contributed by atoms with van der Waals surface area (Å²) in [4.78, 5) is 19.9. The number of aromatic nitrogens is 1. The first-order valence-corrected chi connectivity index (χ1v) is 12.2. The molecular formula is C26H24Cl3N3O. The van der Waals surface area contributed by atoms with Gasteiger partial charge in [0.15, 0.2) is 0 Å². The quantitative estimate of drug-likeness (QED) is 0.455. The Balaban J connectivity index is 1.60. The van der Waals surface area contributed by atoms with E-state index >= 15 is 0 Å². The summed E-state index contributed by atoms with van der Waals surface area (Å²) in [5.41, 5.74) is 7.95. The predicted molar refractivity (Wildman–Crippen MR) is 133 cm³/mol. The SMILES string of the molecule is NC(=O)C1(c2ccc(Cl)cn2)C[C@H]2CC[C@@H](C1)N2C(c1ccccc1Cl)c1ccccc1Cl. The Hall–Kier alpha value is -2.11. The standard InChI is InChI=1S/C26H24Cl3N3O/c27-16-9-12-23(31-15-16)26(25(30)33)13-17-10-11-18(14-26)32(17)24(19-5-1-3-7-21(19)28)20-6-2-4-8-22(20)29/h1-9,12,15,17-18,24H,10-11,13-14H2,(H2,30,33)/t17-,18+,26?. The molecule has 1 amide bonds. The molecule has 2 saturated heterocycles. The molecule has 7 heteroatoms. The molecule has 0 spiro atoms. The van der Waals surface area contributed by atoms with Crippen molar-refractivity contribution in [1.29, 1.82) is 0 Å². The number of benzene rings is 2. The van der Waals surface area contributed by atoms with Gasteiger partial charge in [0.1, 0.15) is 0 Å². The van der Waals surface area contributed by atoms with Crippen LogP contribution in [0.5, 0.6) is 0 Å². The molecule has 33 heavy (non-hydrogen) atoms. The number of piperidine rings is 1. The molecule has 1 unspecified atom stereocenters. The van der Waals surface area contributed by atoms with E-state index in [1.165, 1.54) is 0 Å². The van der Waals surface area contributed by atoms with E-state index < -0.39 is 5.41 Å². The van der Waals surface area contributed by atoms with E-state index in [-0.39, 0.29) is 24.0 Å². The lowest BCUT2D eigenvalue weighted by Crippen LogP contribution is -2.56. The van der Waals surface area contributed by atoms with E-state index in [0.29, 0.717) is 33.6 Å². The molecule has 3 atom stereocenters. The minimum atomic E-state index is -0.821. The highest BCUT2D eigenvalue weighted by Gasteiger charge is 2.55. The normalized spacial score (nSPS) is 24.8. The molecule has 3 heterocycles. The molecule has 2 aromatic carbocycles. The maximum Gasteiger partial charge on any atom is 0.229 e. The van der Waals surface area contributed by atoms with Gasteiger partial charge in [-0.2, -0.15) is 0 Å². The van der Waals surface area contributed by atoms with E-state index in [1.807, 2.05) is 42.5 Å². The van der Waals surface area contributed by atoms with Crippen LogP contribution in [0, 0.1) is 0 Å². The summed E-state index contributed by atoms with van der Waals surface area (Å²) >= 11 is 19.5. The van der Waals surface area contributed by atoms with Crippen LogP contribution in [-0.2, 0) is 10.2 Å². The number of rotatable bonds is 5. The van der Waals surface area contributed by atoms with Crippen molar-refractivity contribution in [3.63, 3.8) is 0 Å². The van der Waals surface area contributed by atoms with Gasteiger partial charge in [-0.15, -0.1) is 0 Å². The Labute approximate surface area is 208 Å². The number of carbonyl (C=O) groups is 1. The van der Waals surface area contributed by atoms with Crippen molar-refractivity contribution in [1.82, 2.24) is 9.88 Å². The van der Waals surface area contributed by atoms with Crippen LogP contribution in [0.15, 0.2) is 66.9 Å². The number of fused-ring (bicyclic) bond motifs is 2. The number of hydrogen-bond donors (Lipinski definition) is 1. The van der Waals surface area contributed by atoms with Crippen molar-refractivity contribution >= 4 is 40.7 Å². The van der Waals surface area contributed by atoms with E-state index in [2.05, 4.69) is 22.0 Å². The molecule has 0 saturated carbocycles. The van der Waals surface area contributed by atoms with Crippen LogP contribution in [0.1, 0.15) is 48.5 Å². The summed E-state index contributed by atoms with van der Waals surface area (Å²) < 4.78 is 0. The smallest absolute Gasteiger partial charge is 0.229 e. The summed E-state index contributed by atoms with van der Waals surface area (Å²) in [6.07, 6.45) is 4.72. The van der Waals surface area contributed by atoms with Crippen molar-refractivity contribution in [3.05, 3.63) is 98.7 Å². The van der Waals surface area contributed by atoms with Gasteiger partial charge in [0.2, 0.25) is 5.91 Å². The highest BCUT2D eigenvalue weighted by molar-refractivity contribution is 6.32.